The van der Waals surface area contributed by atoms with Gasteiger partial charge in [-0.25, -0.2) is 32.6 Å². The van der Waals surface area contributed by atoms with Gasteiger partial charge in [0, 0.05) is 42.9 Å². The Morgan fingerprint density at radius 2 is 1.74 bits per heavy atom. The third-order valence-electron chi connectivity index (χ3n) is 5.27. The zero-order valence-electron chi connectivity index (χ0n) is 19.6. The van der Waals surface area contributed by atoms with Gasteiger partial charge < -0.3 is 20.9 Å². The topological polar surface area (TPSA) is 145 Å². The number of halogens is 5. The number of ether oxygens (including phenoxy) is 1. The Labute approximate surface area is 215 Å². The van der Waals surface area contributed by atoms with Crippen LogP contribution in [0.4, 0.5) is 27.8 Å². The van der Waals surface area contributed by atoms with Crippen molar-refractivity contribution in [2.45, 2.75) is 13.0 Å². The summed E-state index contributed by atoms with van der Waals surface area (Å²) in [6.07, 6.45) is 3.05. The summed E-state index contributed by atoms with van der Waals surface area (Å²) in [5, 5.41) is 15.6. The molecular formula is C24H17F5N6O4. The van der Waals surface area contributed by atoms with Gasteiger partial charge in [-0.15, -0.1) is 0 Å². The number of amides is 1. The second kappa shape index (κ2) is 11.1. The summed E-state index contributed by atoms with van der Waals surface area (Å²) < 4.78 is 76.3. The Hall–Kier alpha value is -5.08. The molecule has 2 aromatic carbocycles. The number of carboxylic acid groups (broad SMARTS) is 1. The number of fused-ring (bicyclic) bond motifs is 1. The fourth-order valence-corrected chi connectivity index (χ4v) is 3.53. The fraction of sp³-hybridized carbons (Fsp3) is 0.125. The highest BCUT2D eigenvalue weighted by Crippen LogP contribution is 2.36. The summed E-state index contributed by atoms with van der Waals surface area (Å²) >= 11 is 0. The molecule has 0 aliphatic carbocycles. The zero-order chi connectivity index (χ0) is 28.3. The molecule has 0 spiro atoms. The van der Waals surface area contributed by atoms with E-state index in [4.69, 9.17) is 15.6 Å². The van der Waals surface area contributed by atoms with Crippen molar-refractivity contribution >= 4 is 28.7 Å². The molecule has 1 amide bonds. The number of aromatic nitrogens is 4. The largest absolute Gasteiger partial charge is 0.478 e. The monoisotopic (exact) mass is 548 g/mol. The molecule has 0 saturated carbocycles. The number of aliphatic carboxylic acids is 1. The van der Waals surface area contributed by atoms with Crippen molar-refractivity contribution in [3.8, 4) is 22.8 Å². The average molecular weight is 548 g/mol. The van der Waals surface area contributed by atoms with Crippen LogP contribution in [0.1, 0.15) is 6.42 Å². The summed E-state index contributed by atoms with van der Waals surface area (Å²) in [5.41, 5.74) is 6.13. The summed E-state index contributed by atoms with van der Waals surface area (Å²) in [4.78, 5) is 30.1. The molecule has 0 aliphatic heterocycles. The minimum absolute atomic E-state index is 0.0135. The number of anilines is 1. The Kier molecular flexibility index (Phi) is 7.69. The Balaban J connectivity index is 1.59. The number of hydrogen-bond acceptors (Lipinski definition) is 7. The van der Waals surface area contributed by atoms with Crippen LogP contribution in [0.15, 0.2) is 42.7 Å². The molecule has 39 heavy (non-hydrogen) atoms. The Bertz CT molecular complexity index is 1600. The van der Waals surface area contributed by atoms with E-state index in [1.807, 2.05) is 0 Å². The third-order valence-corrected chi connectivity index (χ3v) is 5.27. The first-order valence-corrected chi connectivity index (χ1v) is 11.0. The first kappa shape index (κ1) is 27.0. The normalized spacial score (nSPS) is 11.3. The number of nitrogen functional groups attached to an aromatic ring is 1. The van der Waals surface area contributed by atoms with Gasteiger partial charge in [-0.05, 0) is 18.6 Å². The smallest absolute Gasteiger partial charge is 0.328 e. The summed E-state index contributed by atoms with van der Waals surface area (Å²) in [6, 6.07) is 3.01. The molecule has 0 fully saturated rings. The molecule has 2 heterocycles. The maximum Gasteiger partial charge on any atom is 0.328 e. The van der Waals surface area contributed by atoms with Gasteiger partial charge in [0.2, 0.25) is 23.3 Å². The number of carbonyl (C=O) groups excluding carboxylic acids is 1. The van der Waals surface area contributed by atoms with Crippen molar-refractivity contribution in [3.05, 3.63) is 71.8 Å². The van der Waals surface area contributed by atoms with Crippen molar-refractivity contribution < 1.29 is 41.4 Å². The Morgan fingerprint density at radius 3 is 2.41 bits per heavy atom. The molecule has 4 N–H and O–H groups in total. The van der Waals surface area contributed by atoms with E-state index < -0.39 is 52.5 Å². The first-order valence-electron chi connectivity index (χ1n) is 11.0. The van der Waals surface area contributed by atoms with Crippen molar-refractivity contribution in [1.29, 1.82) is 0 Å². The van der Waals surface area contributed by atoms with Gasteiger partial charge in [0.25, 0.3) is 0 Å². The molecule has 0 radical (unpaired) electrons. The minimum Gasteiger partial charge on any atom is -0.478 e. The van der Waals surface area contributed by atoms with E-state index in [0.717, 1.165) is 24.3 Å². The molecule has 4 rings (SSSR count). The predicted molar refractivity (Wildman–Crippen MR) is 126 cm³/mol. The van der Waals surface area contributed by atoms with Gasteiger partial charge in [0.15, 0.2) is 17.3 Å². The second-order valence-corrected chi connectivity index (χ2v) is 7.89. The molecule has 0 aliphatic rings. The number of carbonyl (C=O) groups is 2. The van der Waals surface area contributed by atoms with Crippen molar-refractivity contribution in [3.63, 3.8) is 0 Å². The molecule has 4 aromatic rings. The number of hydrogen-bond donors (Lipinski definition) is 3. The van der Waals surface area contributed by atoms with Gasteiger partial charge >= 0.3 is 5.97 Å². The summed E-state index contributed by atoms with van der Waals surface area (Å²) in [5.74, 6) is -11.7. The lowest BCUT2D eigenvalue weighted by atomic mass is 10.1. The van der Waals surface area contributed by atoms with Crippen LogP contribution in [0.2, 0.25) is 0 Å². The SMILES string of the molecule is Nc1ncnc2c1c(-c1ccc(Oc3c(F)c(F)cc(F)c3F)cc1F)nn2CCCNC(=O)/C=C/C(=O)O. The lowest BCUT2D eigenvalue weighted by Gasteiger charge is -2.10. The van der Waals surface area contributed by atoms with E-state index >= 15 is 4.39 Å². The van der Waals surface area contributed by atoms with Crippen LogP contribution in [0.3, 0.4) is 0 Å². The molecule has 10 nitrogen and oxygen atoms in total. The molecular weight excluding hydrogens is 531 g/mol. The van der Waals surface area contributed by atoms with E-state index in [-0.39, 0.29) is 47.3 Å². The average Bonchev–Trinajstić information content (AvgIpc) is 3.26. The maximum absolute atomic E-state index is 15.1. The van der Waals surface area contributed by atoms with Crippen LogP contribution in [-0.4, -0.2) is 43.3 Å². The van der Waals surface area contributed by atoms with Gasteiger partial charge in [0.05, 0.1) is 5.39 Å². The zero-order valence-corrected chi connectivity index (χ0v) is 19.6. The number of benzene rings is 2. The van der Waals surface area contributed by atoms with Gasteiger partial charge in [-0.1, -0.05) is 0 Å². The number of aryl methyl sites for hydroxylation is 1. The van der Waals surface area contributed by atoms with E-state index in [2.05, 4.69) is 20.4 Å². The quantitative estimate of drug-likeness (QED) is 0.124. The van der Waals surface area contributed by atoms with Gasteiger partial charge in [-0.3, -0.25) is 4.79 Å². The number of nitrogens with two attached hydrogens (primary N) is 1. The molecule has 0 unspecified atom stereocenters. The van der Waals surface area contributed by atoms with E-state index in [1.54, 1.807) is 0 Å². The molecule has 0 saturated heterocycles. The van der Waals surface area contributed by atoms with E-state index in [0.29, 0.717) is 12.5 Å². The van der Waals surface area contributed by atoms with Crippen LogP contribution < -0.4 is 15.8 Å². The highest BCUT2D eigenvalue weighted by Gasteiger charge is 2.23. The van der Waals surface area contributed by atoms with Gasteiger partial charge in [-0.2, -0.15) is 13.9 Å². The van der Waals surface area contributed by atoms with Crippen LogP contribution in [-0.2, 0) is 16.1 Å². The van der Waals surface area contributed by atoms with E-state index in [1.165, 1.54) is 11.0 Å². The maximum atomic E-state index is 15.1. The standard InChI is InChI=1S/C24H17F5N6O4/c25-13-8-11(39-22-19(28)14(26)9-15(27)20(22)29)2-3-12(13)21-18-23(30)32-10-33-24(18)35(34-21)7-1-6-31-16(36)4-5-17(37)38/h2-5,8-10H,1,6-7H2,(H,31,36)(H,37,38)(H2,30,32,33)/b5-4+. The highest BCUT2D eigenvalue weighted by atomic mass is 19.2. The van der Waals surface area contributed by atoms with Crippen LogP contribution in [0.25, 0.3) is 22.3 Å². The van der Waals surface area contributed by atoms with Crippen LogP contribution >= 0.6 is 0 Å². The summed E-state index contributed by atoms with van der Waals surface area (Å²) in [6.45, 7) is 0.330. The number of carboxylic acids is 1. The first-order chi connectivity index (χ1) is 18.6. The molecule has 15 heteroatoms. The van der Waals surface area contributed by atoms with Crippen molar-refractivity contribution in [2.24, 2.45) is 0 Å². The van der Waals surface area contributed by atoms with Crippen LogP contribution in [0, 0.1) is 29.1 Å². The Morgan fingerprint density at radius 1 is 1.03 bits per heavy atom. The lowest BCUT2D eigenvalue weighted by molar-refractivity contribution is -0.131. The molecule has 0 atom stereocenters. The van der Waals surface area contributed by atoms with Crippen molar-refractivity contribution in [2.75, 3.05) is 12.3 Å². The lowest BCUT2D eigenvalue weighted by Crippen LogP contribution is -2.23. The van der Waals surface area contributed by atoms with E-state index in [9.17, 15) is 27.2 Å². The minimum atomic E-state index is -1.79. The van der Waals surface area contributed by atoms with Crippen LogP contribution in [0.5, 0.6) is 11.5 Å². The fourth-order valence-electron chi connectivity index (χ4n) is 3.53. The third kappa shape index (κ3) is 5.76. The van der Waals surface area contributed by atoms with Gasteiger partial charge in [0.1, 0.15) is 29.4 Å². The second-order valence-electron chi connectivity index (χ2n) is 7.89. The summed E-state index contributed by atoms with van der Waals surface area (Å²) in [7, 11) is 0. The molecule has 2 aromatic heterocycles. The number of nitrogens with one attached hydrogen (secondary N) is 1. The number of rotatable bonds is 9. The molecule has 0 bridgehead atoms. The van der Waals surface area contributed by atoms with Crippen molar-refractivity contribution in [1.82, 2.24) is 25.1 Å². The highest BCUT2D eigenvalue weighted by molar-refractivity contribution is 5.98. The predicted octanol–water partition coefficient (Wildman–Crippen LogP) is 3.71. The molecule has 202 valence electrons. The number of nitrogens with zero attached hydrogens (tertiary/aromatic N) is 4.